The lowest BCUT2D eigenvalue weighted by molar-refractivity contribution is -0.119. The van der Waals surface area contributed by atoms with Crippen LogP contribution in [0.15, 0.2) is 42.5 Å². The predicted molar refractivity (Wildman–Crippen MR) is 93.3 cm³/mol. The molecular formula is C20H24O4. The number of ketones is 1. The van der Waals surface area contributed by atoms with Gasteiger partial charge in [-0.1, -0.05) is 25.1 Å². The van der Waals surface area contributed by atoms with Crippen LogP contribution < -0.4 is 0 Å². The van der Waals surface area contributed by atoms with Crippen molar-refractivity contribution in [1.29, 1.82) is 0 Å². The first kappa shape index (κ1) is 17.9. The summed E-state index contributed by atoms with van der Waals surface area (Å²) in [4.78, 5) is 12.1. The van der Waals surface area contributed by atoms with E-state index in [4.69, 9.17) is 0 Å². The van der Waals surface area contributed by atoms with Crippen LogP contribution in [0.5, 0.6) is 17.2 Å². The van der Waals surface area contributed by atoms with E-state index in [1.165, 1.54) is 12.1 Å². The maximum absolute atomic E-state index is 12.1. The maximum Gasteiger partial charge on any atom is 0.157 e. The Morgan fingerprint density at radius 3 is 2.25 bits per heavy atom. The van der Waals surface area contributed by atoms with Gasteiger partial charge in [-0.05, 0) is 60.6 Å². The Balaban J connectivity index is 1.72. The Morgan fingerprint density at radius 2 is 1.58 bits per heavy atom. The topological polar surface area (TPSA) is 77.8 Å². The zero-order valence-electron chi connectivity index (χ0n) is 13.9. The van der Waals surface area contributed by atoms with Crippen molar-refractivity contribution >= 4 is 5.78 Å². The number of carbonyl (C=O) groups excluding carboxylic acids is 1. The number of benzene rings is 2. The fourth-order valence-corrected chi connectivity index (χ4v) is 2.68. The molecule has 0 heterocycles. The van der Waals surface area contributed by atoms with Crippen molar-refractivity contribution in [2.75, 3.05) is 0 Å². The molecule has 4 heteroatoms. The minimum Gasteiger partial charge on any atom is -0.508 e. The standard InChI is InChI=1S/C20H24O4/c1-14(2-3-15-4-8-17(21)9-5-15)12-18(22)10-6-16-7-11-19(23)20(24)13-16/h4-5,7-9,11,13-14,21,23-24H,2-3,6,10,12H2,1H3/t14-/m0/s1. The summed E-state index contributed by atoms with van der Waals surface area (Å²) in [5.41, 5.74) is 2.00. The van der Waals surface area contributed by atoms with Crippen molar-refractivity contribution in [3.8, 4) is 17.2 Å². The number of aryl methyl sites for hydroxylation is 2. The molecular weight excluding hydrogens is 304 g/mol. The number of phenols is 3. The molecule has 1 atom stereocenters. The zero-order valence-corrected chi connectivity index (χ0v) is 13.9. The third kappa shape index (κ3) is 5.61. The lowest BCUT2D eigenvalue weighted by Gasteiger charge is -2.11. The van der Waals surface area contributed by atoms with E-state index < -0.39 is 0 Å². The van der Waals surface area contributed by atoms with Gasteiger partial charge in [0, 0.05) is 12.8 Å². The molecule has 24 heavy (non-hydrogen) atoms. The van der Waals surface area contributed by atoms with Gasteiger partial charge < -0.3 is 15.3 Å². The first-order chi connectivity index (χ1) is 11.4. The highest BCUT2D eigenvalue weighted by Gasteiger charge is 2.10. The Hall–Kier alpha value is -2.49. The van der Waals surface area contributed by atoms with Gasteiger partial charge in [0.15, 0.2) is 11.5 Å². The summed E-state index contributed by atoms with van der Waals surface area (Å²) in [6.45, 7) is 2.07. The molecule has 0 fully saturated rings. The minimum atomic E-state index is -0.151. The second kappa shape index (κ2) is 8.39. The molecule has 2 aromatic carbocycles. The maximum atomic E-state index is 12.1. The van der Waals surface area contributed by atoms with Crippen molar-refractivity contribution in [2.45, 2.75) is 39.0 Å². The molecule has 0 radical (unpaired) electrons. The quantitative estimate of drug-likeness (QED) is 0.641. The van der Waals surface area contributed by atoms with E-state index in [0.29, 0.717) is 25.2 Å². The molecule has 128 valence electrons. The highest BCUT2D eigenvalue weighted by molar-refractivity contribution is 5.78. The number of phenolic OH excluding ortho intramolecular Hbond substituents is 3. The van der Waals surface area contributed by atoms with E-state index in [-0.39, 0.29) is 23.0 Å². The van der Waals surface area contributed by atoms with Crippen molar-refractivity contribution in [3.05, 3.63) is 53.6 Å². The van der Waals surface area contributed by atoms with Crippen LogP contribution in [-0.4, -0.2) is 21.1 Å². The lowest BCUT2D eigenvalue weighted by atomic mass is 9.94. The van der Waals surface area contributed by atoms with E-state index in [2.05, 4.69) is 6.92 Å². The number of aromatic hydroxyl groups is 3. The van der Waals surface area contributed by atoms with Crippen molar-refractivity contribution in [1.82, 2.24) is 0 Å². The lowest BCUT2D eigenvalue weighted by Crippen LogP contribution is -2.07. The van der Waals surface area contributed by atoms with Gasteiger partial charge in [0.1, 0.15) is 11.5 Å². The fourth-order valence-electron chi connectivity index (χ4n) is 2.68. The van der Waals surface area contributed by atoms with Crippen molar-refractivity contribution in [2.24, 2.45) is 5.92 Å². The molecule has 0 saturated heterocycles. The SMILES string of the molecule is C[C@@H](CCc1ccc(O)cc1)CC(=O)CCc1ccc(O)c(O)c1. The predicted octanol–water partition coefficient (Wildman–Crippen LogP) is 3.96. The molecule has 4 nitrogen and oxygen atoms in total. The Kier molecular flexibility index (Phi) is 6.24. The van der Waals surface area contributed by atoms with E-state index >= 15 is 0 Å². The van der Waals surface area contributed by atoms with E-state index in [0.717, 1.165) is 24.0 Å². The van der Waals surface area contributed by atoms with Crippen molar-refractivity contribution < 1.29 is 20.1 Å². The largest absolute Gasteiger partial charge is 0.508 e. The fraction of sp³-hybridized carbons (Fsp3) is 0.350. The minimum absolute atomic E-state index is 0.145. The smallest absolute Gasteiger partial charge is 0.157 e. The molecule has 0 aliphatic rings. The number of hydrogen-bond donors (Lipinski definition) is 3. The third-order valence-corrected chi connectivity index (χ3v) is 4.17. The Bertz CT molecular complexity index is 677. The number of Topliss-reactive ketones (excluding diaryl/α,β-unsaturated/α-hetero) is 1. The molecule has 0 unspecified atom stereocenters. The van der Waals surface area contributed by atoms with Gasteiger partial charge in [-0.25, -0.2) is 0 Å². The summed E-state index contributed by atoms with van der Waals surface area (Å²) in [5, 5.41) is 28.0. The second-order valence-corrected chi connectivity index (χ2v) is 6.38. The van der Waals surface area contributed by atoms with E-state index in [1.807, 2.05) is 12.1 Å². The molecule has 0 bridgehead atoms. The van der Waals surface area contributed by atoms with Gasteiger partial charge in [0.2, 0.25) is 0 Å². The van der Waals surface area contributed by atoms with Gasteiger partial charge in [-0.2, -0.15) is 0 Å². The van der Waals surface area contributed by atoms with Crippen LogP contribution in [0, 0.1) is 5.92 Å². The molecule has 0 aliphatic heterocycles. The van der Waals surface area contributed by atoms with E-state index in [9.17, 15) is 20.1 Å². The van der Waals surface area contributed by atoms with E-state index in [1.54, 1.807) is 18.2 Å². The number of rotatable bonds is 8. The van der Waals surface area contributed by atoms with Gasteiger partial charge in [-0.15, -0.1) is 0 Å². The van der Waals surface area contributed by atoms with Gasteiger partial charge in [0.05, 0.1) is 0 Å². The Labute approximate surface area is 142 Å². The van der Waals surface area contributed by atoms with Crippen LogP contribution in [0.2, 0.25) is 0 Å². The molecule has 0 spiro atoms. The van der Waals surface area contributed by atoms with Gasteiger partial charge >= 0.3 is 0 Å². The summed E-state index contributed by atoms with van der Waals surface area (Å²) < 4.78 is 0. The normalized spacial score (nSPS) is 12.0. The van der Waals surface area contributed by atoms with Crippen LogP contribution in [0.25, 0.3) is 0 Å². The average Bonchev–Trinajstić information content (AvgIpc) is 2.55. The molecule has 0 aromatic heterocycles. The van der Waals surface area contributed by atoms with Gasteiger partial charge in [0.25, 0.3) is 0 Å². The summed E-state index contributed by atoms with van der Waals surface area (Å²) in [7, 11) is 0. The van der Waals surface area contributed by atoms with Gasteiger partial charge in [-0.3, -0.25) is 4.79 Å². The molecule has 0 aliphatic carbocycles. The number of carbonyl (C=O) groups is 1. The highest BCUT2D eigenvalue weighted by Crippen LogP contribution is 2.25. The molecule has 2 rings (SSSR count). The van der Waals surface area contributed by atoms with Crippen LogP contribution in [0.4, 0.5) is 0 Å². The second-order valence-electron chi connectivity index (χ2n) is 6.38. The summed E-state index contributed by atoms with van der Waals surface area (Å²) in [5.74, 6) is 0.484. The van der Waals surface area contributed by atoms with Crippen LogP contribution in [0.3, 0.4) is 0 Å². The highest BCUT2D eigenvalue weighted by atomic mass is 16.3. The summed E-state index contributed by atoms with van der Waals surface area (Å²) >= 11 is 0. The zero-order chi connectivity index (χ0) is 17.5. The molecule has 3 N–H and O–H groups in total. The average molecular weight is 328 g/mol. The monoisotopic (exact) mass is 328 g/mol. The third-order valence-electron chi connectivity index (χ3n) is 4.17. The van der Waals surface area contributed by atoms with Crippen LogP contribution in [-0.2, 0) is 17.6 Å². The van der Waals surface area contributed by atoms with Crippen molar-refractivity contribution in [3.63, 3.8) is 0 Å². The Morgan fingerprint density at radius 1 is 0.917 bits per heavy atom. The number of hydrogen-bond acceptors (Lipinski definition) is 4. The molecule has 0 amide bonds. The first-order valence-electron chi connectivity index (χ1n) is 8.24. The van der Waals surface area contributed by atoms with Crippen LogP contribution in [0.1, 0.15) is 37.3 Å². The summed E-state index contributed by atoms with van der Waals surface area (Å²) in [6, 6.07) is 11.8. The molecule has 2 aromatic rings. The first-order valence-corrected chi connectivity index (χ1v) is 8.24. The summed E-state index contributed by atoms with van der Waals surface area (Å²) in [6.07, 6.45) is 3.37. The molecule has 0 saturated carbocycles. The van der Waals surface area contributed by atoms with Crippen LogP contribution >= 0.6 is 0 Å².